The highest BCUT2D eigenvalue weighted by molar-refractivity contribution is 6.09. The highest BCUT2D eigenvalue weighted by atomic mass is 19.4. The summed E-state index contributed by atoms with van der Waals surface area (Å²) in [5, 5.41) is 0. The number of rotatable bonds is 0. The fourth-order valence-corrected chi connectivity index (χ4v) is 1.84. The van der Waals surface area contributed by atoms with Gasteiger partial charge in [0.2, 0.25) is 0 Å². The largest absolute Gasteiger partial charge is 0.443 e. The molecule has 0 saturated carbocycles. The summed E-state index contributed by atoms with van der Waals surface area (Å²) in [6.45, 7) is 2.72. The Kier molecular flexibility index (Phi) is 2.99. The number of alkyl halides is 6. The third-order valence-electron chi connectivity index (χ3n) is 2.81. The summed E-state index contributed by atoms with van der Waals surface area (Å²) in [7, 11) is 0. The van der Waals surface area contributed by atoms with E-state index < -0.39 is 29.7 Å². The Morgan fingerprint density at radius 1 is 0.950 bits per heavy atom. The second kappa shape index (κ2) is 4.10. The van der Waals surface area contributed by atoms with E-state index in [9.17, 15) is 26.3 Å². The van der Waals surface area contributed by atoms with Crippen LogP contribution in [-0.2, 0) is 0 Å². The number of hydrogen-bond acceptors (Lipinski definition) is 3. The van der Waals surface area contributed by atoms with Crippen LogP contribution in [0.25, 0.3) is 0 Å². The molecule has 2 aliphatic heterocycles. The number of nitrogens with zero attached hydrogens (tertiary/aromatic N) is 3. The molecule has 0 bridgehead atoms. The monoisotopic (exact) mass is 297 g/mol. The van der Waals surface area contributed by atoms with Crippen LogP contribution in [0, 0.1) is 0 Å². The normalized spacial score (nSPS) is 22.0. The quantitative estimate of drug-likeness (QED) is 0.630. The summed E-state index contributed by atoms with van der Waals surface area (Å²) in [4.78, 5) is 6.73. The van der Waals surface area contributed by atoms with Gasteiger partial charge >= 0.3 is 18.0 Å². The van der Waals surface area contributed by atoms with Crippen molar-refractivity contribution in [3.63, 3.8) is 0 Å². The van der Waals surface area contributed by atoms with Crippen LogP contribution in [0.3, 0.4) is 0 Å². The molecule has 20 heavy (non-hydrogen) atoms. The fourth-order valence-electron chi connectivity index (χ4n) is 1.84. The average Bonchev–Trinajstić information content (AvgIpc) is 2.26. The predicted molar refractivity (Wildman–Crippen MR) is 60.1 cm³/mol. The molecule has 0 amide bonds. The Balaban J connectivity index is 2.64. The first kappa shape index (κ1) is 14.6. The number of aliphatic imine (C=N–C) groups is 2. The molecule has 0 N–H and O–H groups in total. The van der Waals surface area contributed by atoms with Gasteiger partial charge in [-0.25, -0.2) is 9.98 Å². The van der Waals surface area contributed by atoms with Gasteiger partial charge < -0.3 is 0 Å². The molecule has 110 valence electrons. The Bertz CT molecular complexity index is 535. The lowest BCUT2D eigenvalue weighted by Crippen LogP contribution is -2.58. The van der Waals surface area contributed by atoms with Crippen molar-refractivity contribution in [2.24, 2.45) is 9.98 Å². The molecule has 9 heteroatoms. The maximum absolute atomic E-state index is 12.9. The van der Waals surface area contributed by atoms with E-state index in [1.807, 2.05) is 0 Å². The van der Waals surface area contributed by atoms with Crippen LogP contribution in [0.4, 0.5) is 26.3 Å². The van der Waals surface area contributed by atoms with Crippen molar-refractivity contribution < 1.29 is 26.3 Å². The van der Waals surface area contributed by atoms with Crippen LogP contribution in [0.2, 0.25) is 0 Å². The molecule has 0 fully saturated rings. The van der Waals surface area contributed by atoms with Gasteiger partial charge in [0.1, 0.15) is 11.7 Å². The molecule has 2 rings (SSSR count). The molecular weight excluding hydrogens is 288 g/mol. The zero-order valence-electron chi connectivity index (χ0n) is 10.3. The second-order valence-electron chi connectivity index (χ2n) is 4.37. The number of hydrogen-bond donors (Lipinski definition) is 0. The lowest BCUT2D eigenvalue weighted by atomic mass is 10.1. The summed E-state index contributed by atoms with van der Waals surface area (Å²) in [6, 6.07) is 0. The van der Waals surface area contributed by atoms with Gasteiger partial charge in [0.05, 0.1) is 0 Å². The highest BCUT2D eigenvalue weighted by Gasteiger charge is 2.73. The van der Waals surface area contributed by atoms with Crippen molar-refractivity contribution in [1.82, 2.24) is 4.90 Å². The molecular formula is C11H9F6N3. The van der Waals surface area contributed by atoms with Crippen molar-refractivity contribution in [2.75, 3.05) is 0 Å². The maximum atomic E-state index is 12.9. The SMILES string of the molecule is CC1=CN2C(C)=NC(C(F)(F)F)(C(F)(F)F)N=C2C=C1. The van der Waals surface area contributed by atoms with Crippen LogP contribution in [0.5, 0.6) is 0 Å². The van der Waals surface area contributed by atoms with Gasteiger partial charge in [-0.1, -0.05) is 6.08 Å². The smallest absolute Gasteiger partial charge is 0.290 e. The Morgan fingerprint density at radius 2 is 1.50 bits per heavy atom. The number of fused-ring (bicyclic) bond motifs is 1. The van der Waals surface area contributed by atoms with Crippen LogP contribution in [0.15, 0.2) is 33.9 Å². The first-order chi connectivity index (χ1) is 8.98. The molecule has 2 aliphatic rings. The van der Waals surface area contributed by atoms with E-state index in [0.717, 1.165) is 17.9 Å². The van der Waals surface area contributed by atoms with Gasteiger partial charge in [0, 0.05) is 6.20 Å². The first-order valence-corrected chi connectivity index (χ1v) is 5.43. The lowest BCUT2D eigenvalue weighted by Gasteiger charge is -2.37. The molecule has 2 heterocycles. The average molecular weight is 297 g/mol. The van der Waals surface area contributed by atoms with Crippen LogP contribution in [0.1, 0.15) is 13.8 Å². The Labute approximate surface area is 110 Å². The Hall–Kier alpha value is -1.80. The molecule has 0 aliphatic carbocycles. The van der Waals surface area contributed by atoms with E-state index in [0.29, 0.717) is 5.57 Å². The van der Waals surface area contributed by atoms with Crippen LogP contribution in [-0.4, -0.2) is 34.6 Å². The minimum Gasteiger partial charge on any atom is -0.290 e. The van der Waals surface area contributed by atoms with Crippen molar-refractivity contribution in [2.45, 2.75) is 31.9 Å². The minimum absolute atomic E-state index is 0.423. The summed E-state index contributed by atoms with van der Waals surface area (Å²) in [5.41, 5.74) is -3.79. The molecule has 3 nitrogen and oxygen atoms in total. The topological polar surface area (TPSA) is 28.0 Å². The van der Waals surface area contributed by atoms with Crippen molar-refractivity contribution in [3.8, 4) is 0 Å². The predicted octanol–water partition coefficient (Wildman–Crippen LogP) is 3.41. The minimum atomic E-state index is -5.67. The zero-order valence-corrected chi connectivity index (χ0v) is 10.3. The molecule has 0 spiro atoms. The van der Waals surface area contributed by atoms with E-state index in [1.165, 1.54) is 12.3 Å². The van der Waals surface area contributed by atoms with Gasteiger partial charge in [0.25, 0.3) is 0 Å². The summed E-state index contributed by atoms with van der Waals surface area (Å²) < 4.78 is 77.5. The molecule has 0 unspecified atom stereocenters. The van der Waals surface area contributed by atoms with E-state index in [-0.39, 0.29) is 0 Å². The third-order valence-corrected chi connectivity index (χ3v) is 2.81. The van der Waals surface area contributed by atoms with E-state index >= 15 is 0 Å². The molecule has 0 atom stereocenters. The lowest BCUT2D eigenvalue weighted by molar-refractivity contribution is -0.292. The van der Waals surface area contributed by atoms with Gasteiger partial charge in [-0.05, 0) is 25.5 Å². The zero-order chi connectivity index (χ0) is 15.3. The number of amidine groups is 2. The fraction of sp³-hybridized carbons (Fsp3) is 0.455. The first-order valence-electron chi connectivity index (χ1n) is 5.43. The Morgan fingerprint density at radius 3 is 2.00 bits per heavy atom. The second-order valence-corrected chi connectivity index (χ2v) is 4.37. The molecule has 0 aromatic rings. The van der Waals surface area contributed by atoms with Gasteiger partial charge in [-0.2, -0.15) is 26.3 Å². The number of halogens is 6. The molecule has 0 aromatic carbocycles. The van der Waals surface area contributed by atoms with Gasteiger partial charge in [-0.15, -0.1) is 0 Å². The van der Waals surface area contributed by atoms with E-state index in [4.69, 9.17) is 0 Å². The maximum Gasteiger partial charge on any atom is 0.443 e. The van der Waals surface area contributed by atoms with Crippen LogP contribution < -0.4 is 0 Å². The third kappa shape index (κ3) is 2.01. The van der Waals surface area contributed by atoms with E-state index in [1.54, 1.807) is 6.92 Å². The molecule has 0 saturated heterocycles. The van der Waals surface area contributed by atoms with Crippen molar-refractivity contribution >= 4 is 11.7 Å². The summed E-state index contributed by atoms with van der Waals surface area (Å²) in [5.74, 6) is -0.869. The highest BCUT2D eigenvalue weighted by Crippen LogP contribution is 2.48. The van der Waals surface area contributed by atoms with Gasteiger partial charge in [-0.3, -0.25) is 4.90 Å². The van der Waals surface area contributed by atoms with E-state index in [2.05, 4.69) is 9.98 Å². The standard InChI is InChI=1S/C11H9F6N3/c1-6-3-4-8-19-9(10(12,13)14,11(15,16)17)18-7(2)20(8)5-6/h3-5H,1-2H3. The summed E-state index contributed by atoms with van der Waals surface area (Å²) >= 11 is 0. The summed E-state index contributed by atoms with van der Waals surface area (Å²) in [6.07, 6.45) is -7.50. The van der Waals surface area contributed by atoms with Crippen molar-refractivity contribution in [3.05, 3.63) is 23.9 Å². The van der Waals surface area contributed by atoms with Crippen molar-refractivity contribution in [1.29, 1.82) is 0 Å². The molecule has 0 aromatic heterocycles. The van der Waals surface area contributed by atoms with Gasteiger partial charge in [0.15, 0.2) is 0 Å². The molecule has 0 radical (unpaired) electrons. The van der Waals surface area contributed by atoms with Crippen LogP contribution >= 0.6 is 0 Å². The number of allylic oxidation sites excluding steroid dienone is 2.